The van der Waals surface area contributed by atoms with Crippen LogP contribution in [0.25, 0.3) is 0 Å². The Hall–Kier alpha value is -2.11. The second-order valence-electron chi connectivity index (χ2n) is 5.79. The van der Waals surface area contributed by atoms with Gasteiger partial charge >= 0.3 is 0 Å². The molecule has 0 radical (unpaired) electrons. The molecule has 0 aliphatic carbocycles. The van der Waals surface area contributed by atoms with Gasteiger partial charge in [-0.05, 0) is 24.6 Å². The van der Waals surface area contributed by atoms with E-state index in [4.69, 9.17) is 5.73 Å². The van der Waals surface area contributed by atoms with E-state index in [0.29, 0.717) is 6.54 Å². The Morgan fingerprint density at radius 1 is 1.00 bits per heavy atom. The van der Waals surface area contributed by atoms with Crippen LogP contribution in [0, 0.1) is 6.92 Å². The van der Waals surface area contributed by atoms with E-state index in [1.807, 2.05) is 6.07 Å². The third kappa shape index (κ3) is 4.24. The van der Waals surface area contributed by atoms with Gasteiger partial charge in [-0.25, -0.2) is 0 Å². The number of rotatable bonds is 7. The van der Waals surface area contributed by atoms with Crippen LogP contribution in [-0.2, 0) is 18.7 Å². The lowest BCUT2D eigenvalue weighted by Gasteiger charge is -2.10. The van der Waals surface area contributed by atoms with Gasteiger partial charge in [0.1, 0.15) is 5.82 Å². The van der Waals surface area contributed by atoms with Crippen molar-refractivity contribution in [2.24, 2.45) is 5.73 Å². The number of thioether (sulfide) groups is 1. The van der Waals surface area contributed by atoms with E-state index in [-0.39, 0.29) is 0 Å². The van der Waals surface area contributed by atoms with Gasteiger partial charge in [0.15, 0.2) is 5.16 Å². The van der Waals surface area contributed by atoms with Crippen LogP contribution >= 0.6 is 11.8 Å². The molecule has 0 saturated carbocycles. The fourth-order valence-electron chi connectivity index (χ4n) is 2.61. The highest BCUT2D eigenvalue weighted by Gasteiger charge is 2.12. The lowest BCUT2D eigenvalue weighted by Crippen LogP contribution is -2.11. The molecule has 0 bridgehead atoms. The molecule has 3 rings (SSSR count). The molecule has 2 N–H and O–H groups in total. The smallest absolute Gasteiger partial charge is 0.191 e. The zero-order valence-corrected chi connectivity index (χ0v) is 14.7. The van der Waals surface area contributed by atoms with Crippen LogP contribution in [0.3, 0.4) is 0 Å². The Kier molecular flexibility index (Phi) is 5.67. The number of aryl methyl sites for hydroxylation is 1. The van der Waals surface area contributed by atoms with Crippen LogP contribution in [0.5, 0.6) is 0 Å². The number of benzene rings is 2. The van der Waals surface area contributed by atoms with E-state index in [1.54, 1.807) is 11.8 Å². The summed E-state index contributed by atoms with van der Waals surface area (Å²) in [6.07, 6.45) is 0.741. The summed E-state index contributed by atoms with van der Waals surface area (Å²) < 4.78 is 2.18. The molecule has 0 amide bonds. The molecule has 3 aromatic rings. The summed E-state index contributed by atoms with van der Waals surface area (Å²) >= 11 is 1.72. The SMILES string of the molecule is Cc1cccc(CSc2nnc(CCN)n2Cc2ccccc2)c1. The van der Waals surface area contributed by atoms with E-state index in [9.17, 15) is 0 Å². The predicted octanol–water partition coefficient (Wildman–Crippen LogP) is 3.43. The maximum Gasteiger partial charge on any atom is 0.191 e. The highest BCUT2D eigenvalue weighted by Crippen LogP contribution is 2.23. The highest BCUT2D eigenvalue weighted by molar-refractivity contribution is 7.98. The minimum Gasteiger partial charge on any atom is -0.330 e. The van der Waals surface area contributed by atoms with Gasteiger partial charge in [-0.3, -0.25) is 0 Å². The van der Waals surface area contributed by atoms with E-state index in [1.165, 1.54) is 16.7 Å². The molecule has 1 aromatic heterocycles. The van der Waals surface area contributed by atoms with Crippen molar-refractivity contribution in [3.63, 3.8) is 0 Å². The maximum absolute atomic E-state index is 5.73. The Balaban J connectivity index is 1.79. The summed E-state index contributed by atoms with van der Waals surface area (Å²) in [6.45, 7) is 3.47. The van der Waals surface area contributed by atoms with Gasteiger partial charge in [0.05, 0.1) is 6.54 Å². The van der Waals surface area contributed by atoms with Crippen molar-refractivity contribution in [3.05, 3.63) is 77.1 Å². The van der Waals surface area contributed by atoms with E-state index >= 15 is 0 Å². The minimum absolute atomic E-state index is 0.579. The fraction of sp³-hybridized carbons (Fsp3) is 0.263. The summed E-state index contributed by atoms with van der Waals surface area (Å²) in [4.78, 5) is 0. The van der Waals surface area contributed by atoms with Crippen LogP contribution in [0.2, 0.25) is 0 Å². The third-order valence-corrected chi connectivity index (χ3v) is 4.83. The average molecular weight is 338 g/mol. The summed E-state index contributed by atoms with van der Waals surface area (Å²) in [5.74, 6) is 1.84. The molecule has 4 nitrogen and oxygen atoms in total. The van der Waals surface area contributed by atoms with E-state index in [2.05, 4.69) is 70.2 Å². The van der Waals surface area contributed by atoms with Crippen LogP contribution in [0.1, 0.15) is 22.5 Å². The normalized spacial score (nSPS) is 10.9. The van der Waals surface area contributed by atoms with Gasteiger partial charge in [0.2, 0.25) is 0 Å². The summed E-state index contributed by atoms with van der Waals surface area (Å²) in [5, 5.41) is 9.68. The Morgan fingerprint density at radius 2 is 1.79 bits per heavy atom. The largest absolute Gasteiger partial charge is 0.330 e. The number of aromatic nitrogens is 3. The summed E-state index contributed by atoms with van der Waals surface area (Å²) in [7, 11) is 0. The van der Waals surface area contributed by atoms with Crippen LogP contribution in [0.15, 0.2) is 59.8 Å². The highest BCUT2D eigenvalue weighted by atomic mass is 32.2. The van der Waals surface area contributed by atoms with Gasteiger partial charge in [-0.15, -0.1) is 10.2 Å². The van der Waals surface area contributed by atoms with Gasteiger partial charge in [0, 0.05) is 12.2 Å². The average Bonchev–Trinajstić information content (AvgIpc) is 2.96. The second kappa shape index (κ2) is 8.13. The van der Waals surface area contributed by atoms with Crippen LogP contribution in [-0.4, -0.2) is 21.3 Å². The van der Waals surface area contributed by atoms with Crippen molar-refractivity contribution < 1.29 is 0 Å². The molecule has 0 spiro atoms. The molecule has 0 unspecified atom stereocenters. The molecule has 0 aliphatic rings. The zero-order chi connectivity index (χ0) is 16.8. The molecule has 0 fully saturated rings. The number of nitrogens with zero attached hydrogens (tertiary/aromatic N) is 3. The first-order valence-corrected chi connectivity index (χ1v) is 9.09. The molecule has 24 heavy (non-hydrogen) atoms. The quantitative estimate of drug-likeness (QED) is 0.671. The van der Waals surface area contributed by atoms with Crippen LogP contribution < -0.4 is 5.73 Å². The fourth-order valence-corrected chi connectivity index (χ4v) is 3.51. The van der Waals surface area contributed by atoms with Crippen molar-refractivity contribution in [1.82, 2.24) is 14.8 Å². The topological polar surface area (TPSA) is 56.7 Å². The number of hydrogen-bond acceptors (Lipinski definition) is 4. The maximum atomic E-state index is 5.73. The van der Waals surface area contributed by atoms with Gasteiger partial charge in [0.25, 0.3) is 0 Å². The summed E-state index contributed by atoms with van der Waals surface area (Å²) in [6, 6.07) is 19.0. The van der Waals surface area contributed by atoms with E-state index in [0.717, 1.165) is 29.7 Å². The van der Waals surface area contributed by atoms with Crippen molar-refractivity contribution in [3.8, 4) is 0 Å². The first-order valence-electron chi connectivity index (χ1n) is 8.10. The standard InChI is InChI=1S/C19H22N4S/c1-15-6-5-9-17(12-15)14-24-19-22-21-18(10-11-20)23(19)13-16-7-3-2-4-8-16/h2-9,12H,10-11,13-14,20H2,1H3. The van der Waals surface area contributed by atoms with Crippen molar-refractivity contribution in [2.45, 2.75) is 30.8 Å². The van der Waals surface area contributed by atoms with Gasteiger partial charge < -0.3 is 10.3 Å². The molecule has 0 atom stereocenters. The Labute approximate surface area is 147 Å². The Morgan fingerprint density at radius 3 is 2.54 bits per heavy atom. The molecule has 1 heterocycles. The summed E-state index contributed by atoms with van der Waals surface area (Å²) in [5.41, 5.74) is 9.55. The molecular weight excluding hydrogens is 316 g/mol. The van der Waals surface area contributed by atoms with Crippen molar-refractivity contribution in [2.75, 3.05) is 6.54 Å². The lowest BCUT2D eigenvalue weighted by atomic mass is 10.2. The first-order chi connectivity index (χ1) is 11.8. The predicted molar refractivity (Wildman–Crippen MR) is 99.1 cm³/mol. The second-order valence-corrected chi connectivity index (χ2v) is 6.73. The zero-order valence-electron chi connectivity index (χ0n) is 13.9. The number of nitrogens with two attached hydrogens (primary N) is 1. The van der Waals surface area contributed by atoms with E-state index < -0.39 is 0 Å². The lowest BCUT2D eigenvalue weighted by molar-refractivity contribution is 0.663. The first kappa shape index (κ1) is 16.7. The molecule has 0 aliphatic heterocycles. The minimum atomic E-state index is 0.579. The molecule has 2 aromatic carbocycles. The Bertz CT molecular complexity index is 783. The van der Waals surface area contributed by atoms with Crippen molar-refractivity contribution >= 4 is 11.8 Å². The van der Waals surface area contributed by atoms with Gasteiger partial charge in [-0.1, -0.05) is 71.9 Å². The third-order valence-electron chi connectivity index (χ3n) is 3.80. The monoisotopic (exact) mass is 338 g/mol. The number of hydrogen-bond donors (Lipinski definition) is 1. The molecular formula is C19H22N4S. The molecule has 124 valence electrons. The molecule has 0 saturated heterocycles. The van der Waals surface area contributed by atoms with Crippen LogP contribution in [0.4, 0.5) is 0 Å². The van der Waals surface area contributed by atoms with Gasteiger partial charge in [-0.2, -0.15) is 0 Å². The van der Waals surface area contributed by atoms with Crippen molar-refractivity contribution in [1.29, 1.82) is 0 Å². The molecule has 5 heteroatoms.